The number of amides is 1. The molecule has 3 aromatic rings. The molecule has 0 spiro atoms. The lowest BCUT2D eigenvalue weighted by atomic mass is 10.1. The molecule has 8 heteroatoms. The molecule has 0 aliphatic rings. The van der Waals surface area contributed by atoms with Crippen LogP contribution in [0.1, 0.15) is 21.9 Å². The zero-order valence-electron chi connectivity index (χ0n) is 11.8. The summed E-state index contributed by atoms with van der Waals surface area (Å²) in [6.07, 6.45) is 2.52. The molecule has 0 aromatic carbocycles. The third-order valence-corrected chi connectivity index (χ3v) is 3.24. The summed E-state index contributed by atoms with van der Waals surface area (Å²) in [7, 11) is 1.53. The quantitative estimate of drug-likeness (QED) is 0.723. The van der Waals surface area contributed by atoms with E-state index in [2.05, 4.69) is 25.4 Å². The normalized spacial score (nSPS) is 10.8. The number of nitrogens with one attached hydrogen (secondary N) is 2. The van der Waals surface area contributed by atoms with E-state index < -0.39 is 0 Å². The number of pyridine rings is 1. The Labute approximate surface area is 124 Å². The molecule has 0 radical (unpaired) electrons. The van der Waals surface area contributed by atoms with Crippen LogP contribution in [0.2, 0.25) is 0 Å². The predicted octanol–water partition coefficient (Wildman–Crippen LogP) is 0.451. The van der Waals surface area contributed by atoms with Gasteiger partial charge in [-0.15, -0.1) is 0 Å². The number of carbonyl (C=O) groups excluding carboxylic acids is 1. The summed E-state index contributed by atoms with van der Waals surface area (Å²) in [5, 5.41) is 6.97. The number of aryl methyl sites for hydroxylation is 2. The van der Waals surface area contributed by atoms with E-state index in [0.29, 0.717) is 24.2 Å². The Morgan fingerprint density at radius 3 is 3.00 bits per heavy atom. The topological polar surface area (TPSA) is 114 Å². The molecule has 0 aliphatic heterocycles. The van der Waals surface area contributed by atoms with E-state index in [1.54, 1.807) is 12.1 Å². The Morgan fingerprint density at radius 2 is 2.18 bits per heavy atom. The van der Waals surface area contributed by atoms with Gasteiger partial charge in [0.15, 0.2) is 5.69 Å². The lowest BCUT2D eigenvalue weighted by Crippen LogP contribution is -2.17. The van der Waals surface area contributed by atoms with Crippen molar-refractivity contribution >= 4 is 16.9 Å². The molecule has 8 nitrogen and oxygen atoms in total. The number of hydrogen-bond acceptors (Lipinski definition) is 6. The van der Waals surface area contributed by atoms with Crippen LogP contribution in [0.25, 0.3) is 11.0 Å². The van der Waals surface area contributed by atoms with Crippen LogP contribution in [0.4, 0.5) is 0 Å². The maximum atomic E-state index is 11.4. The molecule has 3 rings (SSSR count). The second-order valence-corrected chi connectivity index (χ2v) is 4.66. The SMILES string of the molecule is CNC(=O)c1cc(CCc2ncnc3[nH]c(=O)ccc23)on1. The number of rotatable bonds is 4. The summed E-state index contributed by atoms with van der Waals surface area (Å²) in [4.78, 5) is 33.6. The Balaban J connectivity index is 1.81. The summed E-state index contributed by atoms with van der Waals surface area (Å²) in [5.74, 6) is 0.301. The molecule has 112 valence electrons. The second kappa shape index (κ2) is 5.76. The number of aromatic amines is 1. The van der Waals surface area contributed by atoms with E-state index in [1.807, 2.05) is 0 Å². The van der Waals surface area contributed by atoms with Crippen molar-refractivity contribution < 1.29 is 9.32 Å². The number of nitrogens with zero attached hydrogens (tertiary/aromatic N) is 3. The van der Waals surface area contributed by atoms with Gasteiger partial charge in [-0.1, -0.05) is 5.16 Å². The molecule has 0 aliphatic carbocycles. The second-order valence-electron chi connectivity index (χ2n) is 4.66. The van der Waals surface area contributed by atoms with Gasteiger partial charge < -0.3 is 14.8 Å². The van der Waals surface area contributed by atoms with Crippen molar-refractivity contribution in [2.24, 2.45) is 0 Å². The standard InChI is InChI=1S/C14H13N5O3/c1-15-14(21)11-6-8(22-19-11)2-4-10-9-3-5-12(20)18-13(9)17-7-16-10/h3,5-7H,2,4H2,1H3,(H,15,21)(H,16,17,18,20). The van der Waals surface area contributed by atoms with Crippen molar-refractivity contribution in [1.82, 2.24) is 25.4 Å². The Bertz CT molecular complexity index is 883. The van der Waals surface area contributed by atoms with E-state index in [0.717, 1.165) is 11.1 Å². The summed E-state index contributed by atoms with van der Waals surface area (Å²) in [5.41, 5.74) is 1.33. The maximum absolute atomic E-state index is 11.4. The monoisotopic (exact) mass is 299 g/mol. The van der Waals surface area contributed by atoms with Gasteiger partial charge in [-0.05, 0) is 12.5 Å². The molecule has 0 bridgehead atoms. The van der Waals surface area contributed by atoms with Gasteiger partial charge in [0.2, 0.25) is 5.56 Å². The molecule has 0 saturated carbocycles. The average Bonchev–Trinajstić information content (AvgIpc) is 3.00. The average molecular weight is 299 g/mol. The molecule has 0 saturated heterocycles. The Morgan fingerprint density at radius 1 is 1.32 bits per heavy atom. The van der Waals surface area contributed by atoms with Gasteiger partial charge in [-0.25, -0.2) is 9.97 Å². The van der Waals surface area contributed by atoms with E-state index in [9.17, 15) is 9.59 Å². The minimum atomic E-state index is -0.292. The molecule has 0 unspecified atom stereocenters. The number of fused-ring (bicyclic) bond motifs is 1. The minimum Gasteiger partial charge on any atom is -0.361 e. The van der Waals surface area contributed by atoms with Crippen molar-refractivity contribution in [3.05, 3.63) is 52.0 Å². The van der Waals surface area contributed by atoms with Crippen LogP contribution in [0, 0.1) is 0 Å². The van der Waals surface area contributed by atoms with Gasteiger partial charge in [0.25, 0.3) is 5.91 Å². The molecule has 0 atom stereocenters. The van der Waals surface area contributed by atoms with Gasteiger partial charge in [-0.3, -0.25) is 9.59 Å². The highest BCUT2D eigenvalue weighted by molar-refractivity contribution is 5.91. The van der Waals surface area contributed by atoms with Crippen molar-refractivity contribution in [1.29, 1.82) is 0 Å². The van der Waals surface area contributed by atoms with Crippen LogP contribution in [0.3, 0.4) is 0 Å². The number of carbonyl (C=O) groups is 1. The van der Waals surface area contributed by atoms with E-state index in [1.165, 1.54) is 19.4 Å². The highest BCUT2D eigenvalue weighted by atomic mass is 16.5. The third kappa shape index (κ3) is 2.71. The van der Waals surface area contributed by atoms with E-state index in [4.69, 9.17) is 4.52 Å². The zero-order chi connectivity index (χ0) is 15.5. The van der Waals surface area contributed by atoms with Crippen molar-refractivity contribution in [2.45, 2.75) is 12.8 Å². The lowest BCUT2D eigenvalue weighted by Gasteiger charge is -2.02. The van der Waals surface area contributed by atoms with E-state index >= 15 is 0 Å². The molecule has 0 fully saturated rings. The molecular formula is C14H13N5O3. The Hall–Kier alpha value is -3.03. The first-order valence-electron chi connectivity index (χ1n) is 6.68. The summed E-state index contributed by atoms with van der Waals surface area (Å²) in [6, 6.07) is 4.73. The highest BCUT2D eigenvalue weighted by Crippen LogP contribution is 2.14. The number of H-pyrrole nitrogens is 1. The Kier molecular flexibility index (Phi) is 3.65. The van der Waals surface area contributed by atoms with Crippen LogP contribution in [0.15, 0.2) is 33.8 Å². The summed E-state index contributed by atoms with van der Waals surface area (Å²) < 4.78 is 5.13. The van der Waals surface area contributed by atoms with Crippen molar-refractivity contribution in [3.63, 3.8) is 0 Å². The van der Waals surface area contributed by atoms with Gasteiger partial charge in [0.1, 0.15) is 17.7 Å². The zero-order valence-corrected chi connectivity index (χ0v) is 11.8. The van der Waals surface area contributed by atoms with Crippen LogP contribution in [-0.4, -0.2) is 33.1 Å². The van der Waals surface area contributed by atoms with Crippen LogP contribution in [0.5, 0.6) is 0 Å². The summed E-state index contributed by atoms with van der Waals surface area (Å²) >= 11 is 0. The van der Waals surface area contributed by atoms with Crippen LogP contribution >= 0.6 is 0 Å². The first kappa shape index (κ1) is 13.9. The molecule has 3 heterocycles. The van der Waals surface area contributed by atoms with Crippen LogP contribution < -0.4 is 10.9 Å². The highest BCUT2D eigenvalue weighted by Gasteiger charge is 2.12. The van der Waals surface area contributed by atoms with Gasteiger partial charge in [0, 0.05) is 31.0 Å². The first-order valence-corrected chi connectivity index (χ1v) is 6.68. The third-order valence-electron chi connectivity index (χ3n) is 3.24. The lowest BCUT2D eigenvalue weighted by molar-refractivity contribution is 0.0954. The molecule has 22 heavy (non-hydrogen) atoms. The van der Waals surface area contributed by atoms with Gasteiger partial charge in [0.05, 0.1) is 5.69 Å². The predicted molar refractivity (Wildman–Crippen MR) is 77.5 cm³/mol. The van der Waals surface area contributed by atoms with Crippen LogP contribution in [-0.2, 0) is 12.8 Å². The first-order chi connectivity index (χ1) is 10.7. The van der Waals surface area contributed by atoms with Crippen molar-refractivity contribution in [3.8, 4) is 0 Å². The molecule has 2 N–H and O–H groups in total. The van der Waals surface area contributed by atoms with Gasteiger partial charge in [-0.2, -0.15) is 0 Å². The van der Waals surface area contributed by atoms with Crippen molar-refractivity contribution in [2.75, 3.05) is 7.05 Å². The number of aromatic nitrogens is 4. The summed E-state index contributed by atoms with van der Waals surface area (Å²) in [6.45, 7) is 0. The van der Waals surface area contributed by atoms with E-state index in [-0.39, 0.29) is 17.2 Å². The fraction of sp³-hybridized carbons (Fsp3) is 0.214. The minimum absolute atomic E-state index is 0.206. The number of hydrogen-bond donors (Lipinski definition) is 2. The molecular weight excluding hydrogens is 286 g/mol. The van der Waals surface area contributed by atoms with Gasteiger partial charge >= 0.3 is 0 Å². The fourth-order valence-electron chi connectivity index (χ4n) is 2.13. The molecule has 1 amide bonds. The maximum Gasteiger partial charge on any atom is 0.273 e. The fourth-order valence-corrected chi connectivity index (χ4v) is 2.13. The smallest absolute Gasteiger partial charge is 0.273 e. The molecule has 3 aromatic heterocycles. The largest absolute Gasteiger partial charge is 0.361 e.